The monoisotopic (exact) mass is 506 g/mol. The normalized spacial score (nSPS) is 11.2. The van der Waals surface area contributed by atoms with Crippen LogP contribution in [-0.2, 0) is 21.7 Å². The number of thioether (sulfide) groups is 1. The van der Waals surface area contributed by atoms with Gasteiger partial charge < -0.3 is 9.47 Å². The zero-order valence-corrected chi connectivity index (χ0v) is 19.9. The number of benzene rings is 2. The molecule has 0 saturated heterocycles. The maximum atomic E-state index is 12.0. The Hall–Kier alpha value is -4.59. The van der Waals surface area contributed by atoms with E-state index < -0.39 is 10.9 Å². The zero-order chi connectivity index (χ0) is 25.2. The van der Waals surface area contributed by atoms with Crippen LogP contribution < -0.4 is 4.74 Å². The Labute approximate surface area is 207 Å². The van der Waals surface area contributed by atoms with Crippen LogP contribution >= 0.6 is 11.8 Å². The van der Waals surface area contributed by atoms with Gasteiger partial charge in [-0.1, -0.05) is 23.9 Å². The smallest absolute Gasteiger partial charge is 0.311 e. The van der Waals surface area contributed by atoms with Gasteiger partial charge in [-0.25, -0.2) is 4.68 Å². The fraction of sp³-hybridized carbons (Fsp3) is 0.182. The fourth-order valence-corrected chi connectivity index (χ4v) is 4.25. The van der Waals surface area contributed by atoms with Crippen LogP contribution in [0.1, 0.15) is 11.3 Å². The van der Waals surface area contributed by atoms with Gasteiger partial charge in [-0.15, -0.1) is 15.3 Å². The Balaban J connectivity index is 1.54. The van der Waals surface area contributed by atoms with E-state index in [4.69, 9.17) is 9.47 Å². The maximum absolute atomic E-state index is 12.0. The third-order valence-electron chi connectivity index (χ3n) is 5.29. The van der Waals surface area contributed by atoms with E-state index >= 15 is 0 Å². The molecule has 14 heteroatoms. The summed E-state index contributed by atoms with van der Waals surface area (Å²) in [6.45, 7) is 0. The van der Waals surface area contributed by atoms with Gasteiger partial charge in [0.05, 0.1) is 31.3 Å². The van der Waals surface area contributed by atoms with Gasteiger partial charge >= 0.3 is 5.97 Å². The SMILES string of the molecule is COC(=O)Cc1nn(-c2ccc(OC)cc2)c2c1nnc1nc(SCc3ccc([N+](=O)[O-])cc3)nn12. The molecular formula is C22H18N8O5S. The Morgan fingerprint density at radius 3 is 2.47 bits per heavy atom. The predicted octanol–water partition coefficient (Wildman–Crippen LogP) is 2.78. The number of aromatic nitrogens is 7. The third kappa shape index (κ3) is 4.40. The number of ether oxygens (including phenoxy) is 2. The second-order valence-electron chi connectivity index (χ2n) is 7.50. The molecule has 0 unspecified atom stereocenters. The second-order valence-corrected chi connectivity index (χ2v) is 8.44. The van der Waals surface area contributed by atoms with E-state index in [1.54, 1.807) is 36.1 Å². The van der Waals surface area contributed by atoms with Gasteiger partial charge in [-0.2, -0.15) is 14.6 Å². The molecule has 2 aromatic carbocycles. The molecule has 0 aliphatic heterocycles. The lowest BCUT2D eigenvalue weighted by atomic mass is 10.2. The van der Waals surface area contributed by atoms with E-state index in [1.165, 1.54) is 35.5 Å². The molecule has 13 nitrogen and oxygen atoms in total. The first-order valence-electron chi connectivity index (χ1n) is 10.5. The van der Waals surface area contributed by atoms with Gasteiger partial charge in [-0.3, -0.25) is 14.9 Å². The van der Waals surface area contributed by atoms with Crippen molar-refractivity contribution in [3.8, 4) is 11.4 Å². The molecule has 0 spiro atoms. The topological polar surface area (TPSA) is 152 Å². The van der Waals surface area contributed by atoms with Gasteiger partial charge in [-0.05, 0) is 29.8 Å². The molecule has 0 N–H and O–H groups in total. The summed E-state index contributed by atoms with van der Waals surface area (Å²) in [5.74, 6) is 0.973. The van der Waals surface area contributed by atoms with Gasteiger partial charge in [0.15, 0.2) is 11.2 Å². The lowest BCUT2D eigenvalue weighted by Gasteiger charge is -2.05. The lowest BCUT2D eigenvalue weighted by Crippen LogP contribution is -2.06. The minimum atomic E-state index is -0.462. The molecule has 5 aromatic rings. The van der Waals surface area contributed by atoms with Crippen molar-refractivity contribution in [3.63, 3.8) is 0 Å². The lowest BCUT2D eigenvalue weighted by molar-refractivity contribution is -0.384. The standard InChI is InChI=1S/C22H18N8O5S/c1-34-16-9-7-14(8-10-16)28-20-19(17(26-28)11-18(31)35-2)24-25-21-23-22(27-29(20)21)36-12-13-3-5-15(6-4-13)30(32)33/h3-10H,11-12H2,1-2H3. The van der Waals surface area contributed by atoms with Crippen LogP contribution in [0.4, 0.5) is 5.69 Å². The Bertz CT molecular complexity index is 1580. The first-order valence-corrected chi connectivity index (χ1v) is 11.5. The third-order valence-corrected chi connectivity index (χ3v) is 6.20. The highest BCUT2D eigenvalue weighted by Crippen LogP contribution is 2.26. The van der Waals surface area contributed by atoms with Crippen molar-refractivity contribution in [3.05, 3.63) is 69.9 Å². The molecule has 5 rings (SSSR count). The molecule has 0 bridgehead atoms. The Morgan fingerprint density at radius 2 is 1.81 bits per heavy atom. The van der Waals surface area contributed by atoms with E-state index in [2.05, 4.69) is 25.4 Å². The zero-order valence-electron chi connectivity index (χ0n) is 19.1. The number of carbonyl (C=O) groups excluding carboxylic acids is 1. The number of nitrogens with zero attached hydrogens (tertiary/aromatic N) is 8. The van der Waals surface area contributed by atoms with E-state index in [9.17, 15) is 14.9 Å². The summed E-state index contributed by atoms with van der Waals surface area (Å²) in [7, 11) is 2.89. The van der Waals surface area contributed by atoms with Gasteiger partial charge in [0, 0.05) is 17.9 Å². The molecule has 3 aromatic heterocycles. The average molecular weight is 507 g/mol. The molecular weight excluding hydrogens is 488 g/mol. The number of non-ortho nitro benzene ring substituents is 1. The summed E-state index contributed by atoms with van der Waals surface area (Å²) < 4.78 is 13.2. The summed E-state index contributed by atoms with van der Waals surface area (Å²) in [6.07, 6.45) is -0.0905. The Kier molecular flexibility index (Phi) is 6.16. The number of nitro benzene ring substituents is 1. The average Bonchev–Trinajstić information content (AvgIpc) is 3.48. The van der Waals surface area contributed by atoms with Gasteiger partial charge in [0.1, 0.15) is 11.4 Å². The van der Waals surface area contributed by atoms with Crippen molar-refractivity contribution in [2.24, 2.45) is 0 Å². The van der Waals surface area contributed by atoms with Crippen LogP contribution in [0.25, 0.3) is 22.6 Å². The number of hydrogen-bond acceptors (Lipinski definition) is 11. The molecule has 0 aliphatic carbocycles. The van der Waals surface area contributed by atoms with Crippen LogP contribution in [0.2, 0.25) is 0 Å². The highest BCUT2D eigenvalue weighted by Gasteiger charge is 2.22. The summed E-state index contributed by atoms with van der Waals surface area (Å²) in [5.41, 5.74) is 2.87. The van der Waals surface area contributed by atoms with Crippen molar-refractivity contribution in [1.82, 2.24) is 34.6 Å². The first-order chi connectivity index (χ1) is 17.5. The number of nitro groups is 1. The molecule has 36 heavy (non-hydrogen) atoms. The minimum Gasteiger partial charge on any atom is -0.497 e. The first kappa shape index (κ1) is 23.2. The maximum Gasteiger partial charge on any atom is 0.311 e. The molecule has 0 radical (unpaired) electrons. The Morgan fingerprint density at radius 1 is 1.06 bits per heavy atom. The van der Waals surface area contributed by atoms with E-state index in [1.807, 2.05) is 12.1 Å². The highest BCUT2D eigenvalue weighted by atomic mass is 32.2. The molecule has 0 aliphatic rings. The number of hydrogen-bond donors (Lipinski definition) is 0. The molecule has 182 valence electrons. The highest BCUT2D eigenvalue weighted by molar-refractivity contribution is 7.98. The van der Waals surface area contributed by atoms with Gasteiger partial charge in [0.25, 0.3) is 11.5 Å². The van der Waals surface area contributed by atoms with Crippen molar-refractivity contribution in [2.75, 3.05) is 14.2 Å². The molecule has 0 amide bonds. The number of rotatable bonds is 8. The summed E-state index contributed by atoms with van der Waals surface area (Å²) in [5, 5.41) is 28.9. The second kappa shape index (κ2) is 9.58. The summed E-state index contributed by atoms with van der Waals surface area (Å²) in [4.78, 5) is 26.9. The molecule has 0 saturated carbocycles. The van der Waals surface area contributed by atoms with E-state index in [0.29, 0.717) is 39.2 Å². The summed E-state index contributed by atoms with van der Waals surface area (Å²) >= 11 is 1.35. The van der Waals surface area contributed by atoms with Crippen molar-refractivity contribution in [1.29, 1.82) is 0 Å². The fourth-order valence-electron chi connectivity index (χ4n) is 3.48. The number of fused-ring (bicyclic) bond motifs is 3. The van der Waals surface area contributed by atoms with Crippen LogP contribution in [0.5, 0.6) is 5.75 Å². The molecule has 3 heterocycles. The summed E-state index contributed by atoms with van der Waals surface area (Å²) in [6, 6.07) is 13.5. The van der Waals surface area contributed by atoms with Crippen LogP contribution in [0, 0.1) is 10.1 Å². The minimum absolute atomic E-state index is 0.0295. The molecule has 0 fully saturated rings. The van der Waals surface area contributed by atoms with Crippen LogP contribution in [0.3, 0.4) is 0 Å². The predicted molar refractivity (Wildman–Crippen MR) is 128 cm³/mol. The van der Waals surface area contributed by atoms with Crippen molar-refractivity contribution in [2.45, 2.75) is 17.3 Å². The quantitative estimate of drug-likeness (QED) is 0.132. The van der Waals surface area contributed by atoms with Gasteiger partial charge in [0.2, 0.25) is 5.16 Å². The van der Waals surface area contributed by atoms with Crippen molar-refractivity contribution >= 4 is 40.4 Å². The largest absolute Gasteiger partial charge is 0.497 e. The van der Waals surface area contributed by atoms with E-state index in [0.717, 1.165) is 5.56 Å². The van der Waals surface area contributed by atoms with Crippen LogP contribution in [0.15, 0.2) is 53.7 Å². The van der Waals surface area contributed by atoms with Crippen LogP contribution in [-0.4, -0.2) is 59.7 Å². The van der Waals surface area contributed by atoms with E-state index in [-0.39, 0.29) is 17.9 Å². The number of carbonyl (C=O) groups is 1. The van der Waals surface area contributed by atoms with Crippen molar-refractivity contribution < 1.29 is 19.2 Å². The number of methoxy groups -OCH3 is 2. The molecule has 0 atom stereocenters. The number of esters is 1.